The molecule has 0 radical (unpaired) electrons. The van der Waals surface area contributed by atoms with E-state index in [4.69, 9.17) is 0 Å². The van der Waals surface area contributed by atoms with Crippen molar-refractivity contribution in [2.45, 2.75) is 6.18 Å². The summed E-state index contributed by atoms with van der Waals surface area (Å²) in [5.41, 5.74) is -0.517. The van der Waals surface area contributed by atoms with Crippen LogP contribution in [0.1, 0.15) is 5.56 Å². The van der Waals surface area contributed by atoms with Gasteiger partial charge in [-0.2, -0.15) is 13.2 Å². The van der Waals surface area contributed by atoms with Crippen LogP contribution >= 0.6 is 0 Å². The number of pyridine rings is 2. The minimum absolute atomic E-state index is 0.0407. The second-order valence-electron chi connectivity index (χ2n) is 4.89. The van der Waals surface area contributed by atoms with Gasteiger partial charge in [-0.15, -0.1) is 0 Å². The highest BCUT2D eigenvalue weighted by molar-refractivity contribution is 5.72. The number of H-pyrrole nitrogens is 1. The van der Waals surface area contributed by atoms with Gasteiger partial charge in [0.05, 0.1) is 11.3 Å². The monoisotopic (exact) mass is 316 g/mol. The Morgan fingerprint density at radius 3 is 2.39 bits per heavy atom. The van der Waals surface area contributed by atoms with E-state index in [0.29, 0.717) is 11.3 Å². The first-order valence-corrected chi connectivity index (χ1v) is 6.77. The summed E-state index contributed by atoms with van der Waals surface area (Å²) in [4.78, 5) is 18.7. The quantitative estimate of drug-likeness (QED) is 0.773. The van der Waals surface area contributed by atoms with Gasteiger partial charge < -0.3 is 4.98 Å². The van der Waals surface area contributed by atoms with Crippen molar-refractivity contribution >= 4 is 0 Å². The molecule has 3 rings (SSSR count). The van der Waals surface area contributed by atoms with Crippen molar-refractivity contribution < 1.29 is 13.2 Å². The summed E-state index contributed by atoms with van der Waals surface area (Å²) < 4.78 is 39.5. The van der Waals surface area contributed by atoms with E-state index < -0.39 is 17.3 Å². The molecule has 2 aromatic heterocycles. The molecule has 3 nitrogen and oxygen atoms in total. The standard InChI is InChI=1S/C17H11F3N2O/c18-17(19,20)14-6-2-1-5-12(14)13-9-11(10-22-16(13)23)15-7-3-4-8-21-15/h1-10H,(H,22,23). The second-order valence-corrected chi connectivity index (χ2v) is 4.89. The van der Waals surface area contributed by atoms with E-state index in [1.54, 1.807) is 24.4 Å². The van der Waals surface area contributed by atoms with Crippen LogP contribution in [0.3, 0.4) is 0 Å². The van der Waals surface area contributed by atoms with Crippen LogP contribution in [0.25, 0.3) is 22.4 Å². The van der Waals surface area contributed by atoms with Crippen LogP contribution in [0, 0.1) is 0 Å². The Labute approximate surface area is 129 Å². The molecule has 0 bridgehead atoms. The molecule has 0 unspecified atom stereocenters. The first-order valence-electron chi connectivity index (χ1n) is 6.77. The molecule has 3 aromatic rings. The minimum Gasteiger partial charge on any atom is -0.328 e. The van der Waals surface area contributed by atoms with E-state index in [-0.39, 0.29) is 11.1 Å². The molecule has 0 spiro atoms. The van der Waals surface area contributed by atoms with Crippen molar-refractivity contribution in [1.29, 1.82) is 0 Å². The molecule has 0 saturated heterocycles. The summed E-state index contributed by atoms with van der Waals surface area (Å²) in [5, 5.41) is 0. The fourth-order valence-corrected chi connectivity index (χ4v) is 2.33. The van der Waals surface area contributed by atoms with Gasteiger partial charge in [-0.3, -0.25) is 9.78 Å². The van der Waals surface area contributed by atoms with E-state index >= 15 is 0 Å². The topological polar surface area (TPSA) is 45.8 Å². The van der Waals surface area contributed by atoms with Gasteiger partial charge in [-0.1, -0.05) is 24.3 Å². The van der Waals surface area contributed by atoms with Crippen molar-refractivity contribution in [2.75, 3.05) is 0 Å². The molecule has 2 heterocycles. The molecular weight excluding hydrogens is 305 g/mol. The number of rotatable bonds is 2. The number of alkyl halides is 3. The van der Waals surface area contributed by atoms with E-state index in [1.807, 2.05) is 0 Å². The summed E-state index contributed by atoms with van der Waals surface area (Å²) in [6.45, 7) is 0. The molecule has 116 valence electrons. The van der Waals surface area contributed by atoms with Gasteiger partial charge in [0.15, 0.2) is 0 Å². The fourth-order valence-electron chi connectivity index (χ4n) is 2.33. The number of hydrogen-bond donors (Lipinski definition) is 1. The van der Waals surface area contributed by atoms with Crippen LogP contribution in [0.15, 0.2) is 65.7 Å². The third-order valence-corrected chi connectivity index (χ3v) is 3.39. The third kappa shape index (κ3) is 3.01. The average Bonchev–Trinajstić information content (AvgIpc) is 2.55. The predicted molar refractivity (Wildman–Crippen MR) is 80.7 cm³/mol. The van der Waals surface area contributed by atoms with Crippen LogP contribution in [0.5, 0.6) is 0 Å². The molecule has 23 heavy (non-hydrogen) atoms. The highest BCUT2D eigenvalue weighted by atomic mass is 19.4. The predicted octanol–water partition coefficient (Wildman–Crippen LogP) is 4.12. The van der Waals surface area contributed by atoms with Crippen LogP contribution in [0.2, 0.25) is 0 Å². The van der Waals surface area contributed by atoms with Gasteiger partial charge in [0.25, 0.3) is 5.56 Å². The average molecular weight is 316 g/mol. The van der Waals surface area contributed by atoms with Crippen molar-refractivity contribution in [1.82, 2.24) is 9.97 Å². The molecule has 1 aromatic carbocycles. The first-order chi connectivity index (χ1) is 11.0. The third-order valence-electron chi connectivity index (χ3n) is 3.39. The maximum atomic E-state index is 13.2. The van der Waals surface area contributed by atoms with Gasteiger partial charge in [0.2, 0.25) is 0 Å². The van der Waals surface area contributed by atoms with Gasteiger partial charge in [-0.25, -0.2) is 0 Å². The number of nitrogens with zero attached hydrogens (tertiary/aromatic N) is 1. The summed E-state index contributed by atoms with van der Waals surface area (Å²) in [6.07, 6.45) is -1.53. The highest BCUT2D eigenvalue weighted by Gasteiger charge is 2.33. The van der Waals surface area contributed by atoms with E-state index in [1.165, 1.54) is 30.5 Å². The normalized spacial score (nSPS) is 11.4. The molecule has 0 fully saturated rings. The maximum absolute atomic E-state index is 13.2. The number of aromatic amines is 1. The largest absolute Gasteiger partial charge is 0.417 e. The lowest BCUT2D eigenvalue weighted by Gasteiger charge is -2.12. The van der Waals surface area contributed by atoms with Crippen molar-refractivity contribution in [2.24, 2.45) is 0 Å². The molecule has 0 amide bonds. The van der Waals surface area contributed by atoms with E-state index in [9.17, 15) is 18.0 Å². The Morgan fingerprint density at radius 2 is 1.70 bits per heavy atom. The fraction of sp³-hybridized carbons (Fsp3) is 0.0588. The zero-order valence-electron chi connectivity index (χ0n) is 11.8. The van der Waals surface area contributed by atoms with E-state index in [0.717, 1.165) is 6.07 Å². The number of nitrogens with one attached hydrogen (secondary N) is 1. The molecule has 0 aliphatic rings. The SMILES string of the molecule is O=c1[nH]cc(-c2ccccn2)cc1-c1ccccc1C(F)(F)F. The molecule has 6 heteroatoms. The number of hydrogen-bond acceptors (Lipinski definition) is 2. The lowest BCUT2D eigenvalue weighted by atomic mass is 9.99. The van der Waals surface area contributed by atoms with E-state index in [2.05, 4.69) is 9.97 Å². The zero-order chi connectivity index (χ0) is 16.4. The zero-order valence-corrected chi connectivity index (χ0v) is 11.8. The Morgan fingerprint density at radius 1 is 0.957 bits per heavy atom. The minimum atomic E-state index is -4.54. The number of halogens is 3. The lowest BCUT2D eigenvalue weighted by molar-refractivity contribution is -0.137. The summed E-state index contributed by atoms with van der Waals surface area (Å²) >= 11 is 0. The second kappa shape index (κ2) is 5.72. The smallest absolute Gasteiger partial charge is 0.328 e. The van der Waals surface area contributed by atoms with Crippen molar-refractivity contribution in [3.63, 3.8) is 0 Å². The number of benzene rings is 1. The molecule has 1 N–H and O–H groups in total. The van der Waals surface area contributed by atoms with Crippen LogP contribution in [0.4, 0.5) is 13.2 Å². The van der Waals surface area contributed by atoms with Gasteiger partial charge in [0.1, 0.15) is 0 Å². The summed E-state index contributed by atoms with van der Waals surface area (Å²) in [6, 6.07) is 11.6. The molecule has 0 aliphatic heterocycles. The molecule has 0 atom stereocenters. The lowest BCUT2D eigenvalue weighted by Crippen LogP contribution is -2.13. The van der Waals surface area contributed by atoms with Gasteiger partial charge in [0, 0.05) is 23.5 Å². The first kappa shape index (κ1) is 15.0. The Kier molecular flexibility index (Phi) is 3.73. The Hall–Kier alpha value is -2.89. The van der Waals surface area contributed by atoms with Crippen LogP contribution in [-0.2, 0) is 6.18 Å². The van der Waals surface area contributed by atoms with Crippen molar-refractivity contribution in [3.8, 4) is 22.4 Å². The molecule has 0 saturated carbocycles. The summed E-state index contributed by atoms with van der Waals surface area (Å²) in [5.74, 6) is 0. The van der Waals surface area contributed by atoms with Crippen LogP contribution < -0.4 is 5.56 Å². The van der Waals surface area contributed by atoms with Crippen LogP contribution in [-0.4, -0.2) is 9.97 Å². The molecular formula is C17H11F3N2O. The highest BCUT2D eigenvalue weighted by Crippen LogP contribution is 2.36. The maximum Gasteiger partial charge on any atom is 0.417 e. The van der Waals surface area contributed by atoms with Crippen molar-refractivity contribution in [3.05, 3.63) is 76.8 Å². The number of aromatic nitrogens is 2. The Bertz CT molecular complexity index is 886. The van der Waals surface area contributed by atoms with Gasteiger partial charge >= 0.3 is 6.18 Å². The molecule has 0 aliphatic carbocycles. The summed E-state index contributed by atoms with van der Waals surface area (Å²) in [7, 11) is 0. The van der Waals surface area contributed by atoms with Gasteiger partial charge in [-0.05, 0) is 29.8 Å². The Balaban J connectivity index is 2.21.